The SMILES string of the molecule is O=c1[nH]c(Oc2cnn(CC3CCCO3)c2)nc2cnccc12. The van der Waals surface area contributed by atoms with Gasteiger partial charge in [0.05, 0.1) is 42.1 Å². The predicted molar refractivity (Wildman–Crippen MR) is 81.4 cm³/mol. The smallest absolute Gasteiger partial charge is 0.302 e. The minimum Gasteiger partial charge on any atom is -0.422 e. The van der Waals surface area contributed by atoms with Crippen molar-refractivity contribution < 1.29 is 9.47 Å². The van der Waals surface area contributed by atoms with Crippen molar-refractivity contribution in [3.05, 3.63) is 41.2 Å². The van der Waals surface area contributed by atoms with E-state index < -0.39 is 0 Å². The van der Waals surface area contributed by atoms with Crippen molar-refractivity contribution in [2.45, 2.75) is 25.5 Å². The summed E-state index contributed by atoms with van der Waals surface area (Å²) in [6.45, 7) is 1.50. The molecule has 1 fully saturated rings. The highest BCUT2D eigenvalue weighted by Crippen LogP contribution is 2.19. The Morgan fingerprint density at radius 1 is 1.43 bits per heavy atom. The minimum atomic E-state index is -0.265. The Morgan fingerprint density at radius 3 is 3.26 bits per heavy atom. The van der Waals surface area contributed by atoms with E-state index >= 15 is 0 Å². The molecule has 3 aromatic heterocycles. The molecular formula is C15H15N5O3. The second-order valence-electron chi connectivity index (χ2n) is 5.40. The van der Waals surface area contributed by atoms with Crippen molar-refractivity contribution in [2.24, 2.45) is 0 Å². The standard InChI is InChI=1S/C15H15N5O3/c21-14-12-3-4-16-7-13(12)18-15(19-14)23-11-6-17-20(9-11)8-10-2-1-5-22-10/h3-4,6-7,9-10H,1-2,5,8H2,(H,18,19,21). The summed E-state index contributed by atoms with van der Waals surface area (Å²) in [5, 5.41) is 4.71. The molecule has 8 nitrogen and oxygen atoms in total. The first-order chi connectivity index (χ1) is 11.3. The molecule has 1 atom stereocenters. The van der Waals surface area contributed by atoms with E-state index in [9.17, 15) is 4.79 Å². The van der Waals surface area contributed by atoms with Crippen LogP contribution in [0.3, 0.4) is 0 Å². The van der Waals surface area contributed by atoms with E-state index in [2.05, 4.69) is 20.1 Å². The molecule has 118 valence electrons. The number of hydrogen-bond donors (Lipinski definition) is 1. The normalized spacial score (nSPS) is 17.7. The van der Waals surface area contributed by atoms with Crippen molar-refractivity contribution in [1.82, 2.24) is 24.7 Å². The highest BCUT2D eigenvalue weighted by molar-refractivity contribution is 5.76. The minimum absolute atomic E-state index is 0.118. The van der Waals surface area contributed by atoms with Crippen molar-refractivity contribution in [2.75, 3.05) is 6.61 Å². The highest BCUT2D eigenvalue weighted by Gasteiger charge is 2.16. The zero-order valence-corrected chi connectivity index (χ0v) is 12.3. The lowest BCUT2D eigenvalue weighted by Crippen LogP contribution is -2.15. The molecule has 0 aromatic carbocycles. The lowest BCUT2D eigenvalue weighted by molar-refractivity contribution is 0.0939. The second-order valence-corrected chi connectivity index (χ2v) is 5.40. The lowest BCUT2D eigenvalue weighted by atomic mass is 10.2. The Kier molecular flexibility index (Phi) is 3.51. The molecule has 3 aromatic rings. The largest absolute Gasteiger partial charge is 0.422 e. The molecule has 4 rings (SSSR count). The second kappa shape index (κ2) is 5.81. The molecule has 1 N–H and O–H groups in total. The fraction of sp³-hybridized carbons (Fsp3) is 0.333. The van der Waals surface area contributed by atoms with Crippen LogP contribution in [-0.2, 0) is 11.3 Å². The van der Waals surface area contributed by atoms with Crippen LogP contribution in [-0.4, -0.2) is 37.4 Å². The molecule has 0 amide bonds. The summed E-state index contributed by atoms with van der Waals surface area (Å²) in [5.74, 6) is 0.509. The van der Waals surface area contributed by atoms with Crippen LogP contribution in [0.15, 0.2) is 35.6 Å². The summed E-state index contributed by atoms with van der Waals surface area (Å²) in [6.07, 6.45) is 8.76. The molecule has 1 unspecified atom stereocenters. The van der Waals surface area contributed by atoms with Crippen LogP contribution in [0.4, 0.5) is 0 Å². The predicted octanol–water partition coefficient (Wildman–Crippen LogP) is 1.49. The van der Waals surface area contributed by atoms with Gasteiger partial charge in [-0.1, -0.05) is 0 Å². The average Bonchev–Trinajstić information content (AvgIpc) is 3.20. The molecule has 8 heteroatoms. The molecule has 0 bridgehead atoms. The molecule has 1 saturated heterocycles. The van der Waals surface area contributed by atoms with Crippen LogP contribution in [0.2, 0.25) is 0 Å². The number of aromatic nitrogens is 5. The van der Waals surface area contributed by atoms with Crippen molar-refractivity contribution in [3.8, 4) is 11.8 Å². The van der Waals surface area contributed by atoms with E-state index in [4.69, 9.17) is 9.47 Å². The quantitative estimate of drug-likeness (QED) is 0.784. The molecule has 0 spiro atoms. The summed E-state index contributed by atoms with van der Waals surface area (Å²) in [5.41, 5.74) is 0.220. The number of nitrogens with one attached hydrogen (secondary N) is 1. The maximum atomic E-state index is 12.0. The molecule has 0 saturated carbocycles. The fourth-order valence-electron chi connectivity index (χ4n) is 2.62. The maximum absolute atomic E-state index is 12.0. The highest BCUT2D eigenvalue weighted by atomic mass is 16.5. The van der Waals surface area contributed by atoms with Gasteiger partial charge in [0, 0.05) is 12.8 Å². The zero-order valence-electron chi connectivity index (χ0n) is 12.3. The number of H-pyrrole nitrogens is 1. The van der Waals surface area contributed by atoms with Gasteiger partial charge in [-0.3, -0.25) is 19.4 Å². The van der Waals surface area contributed by atoms with Crippen molar-refractivity contribution in [3.63, 3.8) is 0 Å². The van der Waals surface area contributed by atoms with Crippen molar-refractivity contribution >= 4 is 10.9 Å². The van der Waals surface area contributed by atoms with Crippen LogP contribution in [0.1, 0.15) is 12.8 Å². The Labute approximate surface area is 131 Å². The lowest BCUT2D eigenvalue weighted by Gasteiger charge is -2.08. The molecule has 0 radical (unpaired) electrons. The monoisotopic (exact) mass is 313 g/mol. The Balaban J connectivity index is 1.54. The molecule has 1 aliphatic rings. The van der Waals surface area contributed by atoms with E-state index in [1.165, 1.54) is 6.20 Å². The Bertz CT molecular complexity index is 882. The van der Waals surface area contributed by atoms with E-state index in [1.54, 1.807) is 29.3 Å². The average molecular weight is 313 g/mol. The molecule has 4 heterocycles. The number of nitrogens with zero attached hydrogens (tertiary/aromatic N) is 4. The summed E-state index contributed by atoms with van der Waals surface area (Å²) >= 11 is 0. The van der Waals surface area contributed by atoms with Crippen LogP contribution < -0.4 is 10.3 Å². The first kappa shape index (κ1) is 13.9. The van der Waals surface area contributed by atoms with Gasteiger partial charge in [0.2, 0.25) is 0 Å². The zero-order chi connectivity index (χ0) is 15.6. The van der Waals surface area contributed by atoms with Gasteiger partial charge in [0.15, 0.2) is 5.75 Å². The number of aromatic amines is 1. The van der Waals surface area contributed by atoms with Crippen LogP contribution >= 0.6 is 0 Å². The summed E-state index contributed by atoms with van der Waals surface area (Å²) in [4.78, 5) is 22.8. The first-order valence-electron chi connectivity index (χ1n) is 7.44. The number of ether oxygens (including phenoxy) is 2. The summed E-state index contributed by atoms with van der Waals surface area (Å²) in [6, 6.07) is 1.73. The van der Waals surface area contributed by atoms with E-state index in [0.29, 0.717) is 23.2 Å². The van der Waals surface area contributed by atoms with Gasteiger partial charge in [-0.25, -0.2) is 0 Å². The third-order valence-corrected chi connectivity index (χ3v) is 3.73. The third-order valence-electron chi connectivity index (χ3n) is 3.73. The van der Waals surface area contributed by atoms with Crippen LogP contribution in [0, 0.1) is 0 Å². The number of rotatable bonds is 4. The van der Waals surface area contributed by atoms with E-state index in [1.807, 2.05) is 0 Å². The van der Waals surface area contributed by atoms with Gasteiger partial charge in [0.1, 0.15) is 0 Å². The number of hydrogen-bond acceptors (Lipinski definition) is 6. The summed E-state index contributed by atoms with van der Waals surface area (Å²) in [7, 11) is 0. The maximum Gasteiger partial charge on any atom is 0.302 e. The van der Waals surface area contributed by atoms with Crippen molar-refractivity contribution in [1.29, 1.82) is 0 Å². The van der Waals surface area contributed by atoms with Crippen LogP contribution in [0.5, 0.6) is 11.8 Å². The van der Waals surface area contributed by atoms with Gasteiger partial charge < -0.3 is 9.47 Å². The first-order valence-corrected chi connectivity index (χ1v) is 7.44. The Hall–Kier alpha value is -2.74. The van der Waals surface area contributed by atoms with Gasteiger partial charge >= 0.3 is 6.01 Å². The summed E-state index contributed by atoms with van der Waals surface area (Å²) < 4.78 is 12.9. The third kappa shape index (κ3) is 2.93. The fourth-order valence-corrected chi connectivity index (χ4v) is 2.62. The number of fused-ring (bicyclic) bond motifs is 1. The van der Waals surface area contributed by atoms with Gasteiger partial charge in [0.25, 0.3) is 5.56 Å². The van der Waals surface area contributed by atoms with Gasteiger partial charge in [-0.05, 0) is 18.9 Å². The van der Waals surface area contributed by atoms with Gasteiger partial charge in [-0.2, -0.15) is 10.1 Å². The van der Waals surface area contributed by atoms with E-state index in [-0.39, 0.29) is 17.7 Å². The molecule has 23 heavy (non-hydrogen) atoms. The molecule has 1 aliphatic heterocycles. The molecule has 0 aliphatic carbocycles. The molecular weight excluding hydrogens is 298 g/mol. The van der Waals surface area contributed by atoms with Gasteiger partial charge in [-0.15, -0.1) is 0 Å². The topological polar surface area (TPSA) is 94.9 Å². The number of pyridine rings is 1. The van der Waals surface area contributed by atoms with E-state index in [0.717, 1.165) is 19.4 Å². The Morgan fingerprint density at radius 2 is 2.39 bits per heavy atom. The van der Waals surface area contributed by atoms with Crippen LogP contribution in [0.25, 0.3) is 10.9 Å².